The van der Waals surface area contributed by atoms with E-state index in [0.717, 1.165) is 28.8 Å². The molecule has 0 aliphatic rings. The van der Waals surface area contributed by atoms with Crippen molar-refractivity contribution >= 4 is 21.9 Å². The first kappa shape index (κ1) is 16.4. The molecule has 0 heterocycles. The molecule has 0 amide bonds. The lowest BCUT2D eigenvalue weighted by atomic mass is 10.1. The van der Waals surface area contributed by atoms with Crippen LogP contribution in [0.3, 0.4) is 0 Å². The van der Waals surface area contributed by atoms with Gasteiger partial charge < -0.3 is 15.8 Å². The molecule has 0 aliphatic heterocycles. The van der Waals surface area contributed by atoms with E-state index in [-0.39, 0.29) is 0 Å². The van der Waals surface area contributed by atoms with Gasteiger partial charge in [-0.15, -0.1) is 0 Å². The van der Waals surface area contributed by atoms with E-state index in [1.165, 1.54) is 5.56 Å². The summed E-state index contributed by atoms with van der Waals surface area (Å²) < 4.78 is 6.12. The molecule has 22 heavy (non-hydrogen) atoms. The van der Waals surface area contributed by atoms with Crippen molar-refractivity contribution in [3.05, 3.63) is 64.1 Å². The van der Waals surface area contributed by atoms with Crippen LogP contribution in [0.25, 0.3) is 0 Å². The monoisotopic (exact) mass is 361 g/mol. The first-order valence-corrected chi connectivity index (χ1v) is 7.88. The van der Waals surface area contributed by atoms with Gasteiger partial charge in [0.1, 0.15) is 5.75 Å². The van der Waals surface area contributed by atoms with Crippen LogP contribution in [0.5, 0.6) is 5.75 Å². The predicted molar refractivity (Wildman–Crippen MR) is 94.2 cm³/mol. The Balaban J connectivity index is 1.81. The van der Waals surface area contributed by atoms with Crippen molar-refractivity contribution < 1.29 is 4.74 Å². The summed E-state index contributed by atoms with van der Waals surface area (Å²) >= 11 is 3.46. The smallest absolute Gasteiger partial charge is 0.188 e. The molecule has 5 heteroatoms. The van der Waals surface area contributed by atoms with Gasteiger partial charge in [-0.1, -0.05) is 36.4 Å². The van der Waals surface area contributed by atoms with Gasteiger partial charge in [-0.05, 0) is 45.6 Å². The van der Waals surface area contributed by atoms with Gasteiger partial charge in [-0.3, -0.25) is 0 Å². The van der Waals surface area contributed by atoms with E-state index in [9.17, 15) is 0 Å². The SMILES string of the molecule is COc1ccc(CN=C(N)NCCc2ccccc2)cc1Br. The maximum absolute atomic E-state index is 5.88. The van der Waals surface area contributed by atoms with Crippen molar-refractivity contribution in [2.75, 3.05) is 13.7 Å². The fourth-order valence-electron chi connectivity index (χ4n) is 2.02. The molecule has 0 aromatic heterocycles. The summed E-state index contributed by atoms with van der Waals surface area (Å²) in [5.41, 5.74) is 8.23. The molecular formula is C17H20BrN3O. The van der Waals surface area contributed by atoms with Crippen molar-refractivity contribution in [2.45, 2.75) is 13.0 Å². The second kappa shape index (κ2) is 8.44. The molecule has 0 unspecified atom stereocenters. The van der Waals surface area contributed by atoms with E-state index in [0.29, 0.717) is 12.5 Å². The van der Waals surface area contributed by atoms with E-state index >= 15 is 0 Å². The Morgan fingerprint density at radius 2 is 1.95 bits per heavy atom. The van der Waals surface area contributed by atoms with Gasteiger partial charge in [0.05, 0.1) is 18.1 Å². The molecule has 0 saturated carbocycles. The minimum absolute atomic E-state index is 0.461. The highest BCUT2D eigenvalue weighted by molar-refractivity contribution is 9.10. The van der Waals surface area contributed by atoms with Crippen LogP contribution in [0.4, 0.5) is 0 Å². The summed E-state index contributed by atoms with van der Waals surface area (Å²) in [7, 11) is 1.65. The number of aliphatic imine (C=N–C) groups is 1. The number of hydrogen-bond acceptors (Lipinski definition) is 2. The highest BCUT2D eigenvalue weighted by Crippen LogP contribution is 2.25. The molecule has 0 atom stereocenters. The zero-order valence-corrected chi connectivity index (χ0v) is 14.1. The fourth-order valence-corrected chi connectivity index (χ4v) is 2.61. The van der Waals surface area contributed by atoms with Crippen LogP contribution in [-0.2, 0) is 13.0 Å². The lowest BCUT2D eigenvalue weighted by Gasteiger charge is -2.07. The van der Waals surface area contributed by atoms with Crippen LogP contribution in [0, 0.1) is 0 Å². The highest BCUT2D eigenvalue weighted by Gasteiger charge is 2.01. The Kier molecular flexibility index (Phi) is 6.27. The average molecular weight is 362 g/mol. The quantitative estimate of drug-likeness (QED) is 0.613. The van der Waals surface area contributed by atoms with Gasteiger partial charge in [0, 0.05) is 6.54 Å². The summed E-state index contributed by atoms with van der Waals surface area (Å²) in [4.78, 5) is 4.34. The van der Waals surface area contributed by atoms with E-state index in [1.807, 2.05) is 36.4 Å². The van der Waals surface area contributed by atoms with E-state index in [1.54, 1.807) is 7.11 Å². The van der Waals surface area contributed by atoms with E-state index in [2.05, 4.69) is 38.4 Å². The Bertz CT molecular complexity index is 629. The minimum Gasteiger partial charge on any atom is -0.496 e. The predicted octanol–water partition coefficient (Wildman–Crippen LogP) is 3.10. The average Bonchev–Trinajstić information content (AvgIpc) is 2.54. The second-order valence-electron chi connectivity index (χ2n) is 4.83. The summed E-state index contributed by atoms with van der Waals surface area (Å²) in [6.07, 6.45) is 0.922. The van der Waals surface area contributed by atoms with Crippen LogP contribution in [-0.4, -0.2) is 19.6 Å². The van der Waals surface area contributed by atoms with Crippen LogP contribution < -0.4 is 15.8 Å². The summed E-state index contributed by atoms with van der Waals surface area (Å²) in [6.45, 7) is 1.30. The number of nitrogens with zero attached hydrogens (tertiary/aromatic N) is 1. The zero-order valence-electron chi connectivity index (χ0n) is 12.6. The molecule has 2 rings (SSSR count). The standard InChI is InChI=1S/C17H20BrN3O/c1-22-16-8-7-14(11-15(16)18)12-21-17(19)20-10-9-13-5-3-2-4-6-13/h2-8,11H,9-10,12H2,1H3,(H3,19,20,21). The van der Waals surface area contributed by atoms with Gasteiger partial charge in [0.25, 0.3) is 0 Å². The van der Waals surface area contributed by atoms with Gasteiger partial charge in [-0.25, -0.2) is 4.99 Å². The topological polar surface area (TPSA) is 59.6 Å². The minimum atomic E-state index is 0.461. The van der Waals surface area contributed by atoms with Crippen LogP contribution in [0.1, 0.15) is 11.1 Å². The lowest BCUT2D eigenvalue weighted by Crippen LogP contribution is -2.33. The third-order valence-corrected chi connectivity index (χ3v) is 3.83. The first-order valence-electron chi connectivity index (χ1n) is 7.09. The molecule has 0 aliphatic carbocycles. The maximum atomic E-state index is 5.88. The molecule has 2 aromatic rings. The highest BCUT2D eigenvalue weighted by atomic mass is 79.9. The molecular weight excluding hydrogens is 342 g/mol. The van der Waals surface area contributed by atoms with Gasteiger partial charge in [-0.2, -0.15) is 0 Å². The Hall–Kier alpha value is -2.01. The molecule has 0 spiro atoms. The molecule has 4 nitrogen and oxygen atoms in total. The van der Waals surface area contributed by atoms with Crippen molar-refractivity contribution in [3.63, 3.8) is 0 Å². The number of ether oxygens (including phenoxy) is 1. The maximum Gasteiger partial charge on any atom is 0.188 e. The number of halogens is 1. The summed E-state index contributed by atoms with van der Waals surface area (Å²) in [5, 5.41) is 3.13. The number of nitrogens with two attached hydrogens (primary N) is 1. The second-order valence-corrected chi connectivity index (χ2v) is 5.69. The lowest BCUT2D eigenvalue weighted by molar-refractivity contribution is 0.412. The van der Waals surface area contributed by atoms with Crippen molar-refractivity contribution in [1.29, 1.82) is 0 Å². The van der Waals surface area contributed by atoms with Crippen LogP contribution >= 0.6 is 15.9 Å². The molecule has 0 fully saturated rings. The molecule has 0 bridgehead atoms. The number of nitrogens with one attached hydrogen (secondary N) is 1. The molecule has 2 aromatic carbocycles. The molecule has 0 saturated heterocycles. The third kappa shape index (κ3) is 5.07. The van der Waals surface area contributed by atoms with Crippen molar-refractivity contribution in [1.82, 2.24) is 5.32 Å². The van der Waals surface area contributed by atoms with Gasteiger partial charge in [0.15, 0.2) is 5.96 Å². The third-order valence-electron chi connectivity index (χ3n) is 3.21. The number of benzene rings is 2. The first-order chi connectivity index (χ1) is 10.7. The van der Waals surface area contributed by atoms with Crippen molar-refractivity contribution in [3.8, 4) is 5.75 Å². The summed E-state index contributed by atoms with van der Waals surface area (Å²) in [5.74, 6) is 1.27. The van der Waals surface area contributed by atoms with E-state index < -0.39 is 0 Å². The zero-order chi connectivity index (χ0) is 15.8. The molecule has 116 valence electrons. The normalized spacial score (nSPS) is 11.3. The van der Waals surface area contributed by atoms with Crippen LogP contribution in [0.2, 0.25) is 0 Å². The molecule has 0 radical (unpaired) electrons. The molecule has 3 N–H and O–H groups in total. The Morgan fingerprint density at radius 1 is 1.18 bits per heavy atom. The Labute approximate surface area is 139 Å². The number of methoxy groups -OCH3 is 1. The fraction of sp³-hybridized carbons (Fsp3) is 0.235. The van der Waals surface area contributed by atoms with Crippen molar-refractivity contribution in [2.24, 2.45) is 10.7 Å². The largest absolute Gasteiger partial charge is 0.496 e. The van der Waals surface area contributed by atoms with Gasteiger partial charge >= 0.3 is 0 Å². The summed E-state index contributed by atoms with van der Waals surface area (Å²) in [6, 6.07) is 16.2. The van der Waals surface area contributed by atoms with Crippen LogP contribution in [0.15, 0.2) is 58.0 Å². The Morgan fingerprint density at radius 3 is 2.64 bits per heavy atom. The number of guanidine groups is 1. The number of rotatable bonds is 6. The van der Waals surface area contributed by atoms with E-state index in [4.69, 9.17) is 10.5 Å². The number of hydrogen-bond donors (Lipinski definition) is 2. The van der Waals surface area contributed by atoms with Gasteiger partial charge in [0.2, 0.25) is 0 Å².